The smallest absolute Gasteiger partial charge is 0.211 e. The summed E-state index contributed by atoms with van der Waals surface area (Å²) >= 11 is 3.15. The first-order valence-corrected chi connectivity index (χ1v) is 3.85. The molecule has 1 aromatic heterocycles. The van der Waals surface area contributed by atoms with Gasteiger partial charge in [-0.25, -0.2) is 0 Å². The van der Waals surface area contributed by atoms with Crippen LogP contribution in [0.1, 0.15) is 17.5 Å². The van der Waals surface area contributed by atoms with E-state index in [-0.39, 0.29) is 10.6 Å². The zero-order valence-corrected chi connectivity index (χ0v) is 7.09. The Morgan fingerprint density at radius 3 is 2.90 bits per heavy atom. The Hall–Kier alpha value is -0.570. The van der Waals surface area contributed by atoms with E-state index in [1.807, 2.05) is 0 Å². The molecule has 1 aromatic rings. The van der Waals surface area contributed by atoms with E-state index >= 15 is 0 Å². The fourth-order valence-corrected chi connectivity index (χ4v) is 0.840. The van der Waals surface area contributed by atoms with Crippen molar-refractivity contribution < 1.29 is 9.21 Å². The van der Waals surface area contributed by atoms with Crippen molar-refractivity contribution in [3.05, 3.63) is 24.2 Å². The lowest BCUT2D eigenvalue weighted by molar-refractivity contribution is 0.0969. The van der Waals surface area contributed by atoms with Crippen molar-refractivity contribution in [1.82, 2.24) is 0 Å². The van der Waals surface area contributed by atoms with Gasteiger partial charge < -0.3 is 4.42 Å². The molecule has 0 bridgehead atoms. The van der Waals surface area contributed by atoms with Crippen molar-refractivity contribution in [2.45, 2.75) is 11.8 Å². The van der Waals surface area contributed by atoms with Crippen LogP contribution in [0.25, 0.3) is 0 Å². The van der Waals surface area contributed by atoms with Crippen LogP contribution in [-0.2, 0) is 0 Å². The zero-order valence-electron chi connectivity index (χ0n) is 5.50. The van der Waals surface area contributed by atoms with E-state index in [2.05, 4.69) is 15.9 Å². The molecule has 0 amide bonds. The SMILES string of the molecule is C[C@H](Br)C(=O)c1ccco1. The van der Waals surface area contributed by atoms with Crippen molar-refractivity contribution in [1.29, 1.82) is 0 Å². The summed E-state index contributed by atoms with van der Waals surface area (Å²) in [5, 5.41) is 0. The van der Waals surface area contributed by atoms with E-state index in [0.717, 1.165) is 0 Å². The molecule has 1 rings (SSSR count). The first-order valence-electron chi connectivity index (χ1n) is 2.93. The molecule has 0 unspecified atom stereocenters. The number of hydrogen-bond acceptors (Lipinski definition) is 2. The van der Waals surface area contributed by atoms with E-state index in [4.69, 9.17) is 4.42 Å². The van der Waals surface area contributed by atoms with Crippen LogP contribution in [0.15, 0.2) is 22.8 Å². The normalized spacial score (nSPS) is 13.0. The number of Topliss-reactive ketones (excluding diaryl/α,β-unsaturated/α-hetero) is 1. The zero-order chi connectivity index (χ0) is 7.56. The molecule has 2 nitrogen and oxygen atoms in total. The standard InChI is InChI=1S/C7H7BrO2/c1-5(8)7(9)6-3-2-4-10-6/h2-5H,1H3/t5-/m0/s1. The Morgan fingerprint density at radius 2 is 2.50 bits per heavy atom. The molecule has 0 spiro atoms. The summed E-state index contributed by atoms with van der Waals surface area (Å²) in [5.41, 5.74) is 0. The van der Waals surface area contributed by atoms with Crippen LogP contribution < -0.4 is 0 Å². The molecule has 0 N–H and O–H groups in total. The van der Waals surface area contributed by atoms with Gasteiger partial charge in [0, 0.05) is 0 Å². The number of alkyl halides is 1. The third-order valence-corrected chi connectivity index (χ3v) is 1.54. The summed E-state index contributed by atoms with van der Waals surface area (Å²) in [6.07, 6.45) is 1.49. The van der Waals surface area contributed by atoms with Gasteiger partial charge in [0.15, 0.2) is 5.76 Å². The van der Waals surface area contributed by atoms with Crippen LogP contribution in [-0.4, -0.2) is 10.6 Å². The summed E-state index contributed by atoms with van der Waals surface area (Å²) in [4.78, 5) is 10.9. The molecule has 3 heteroatoms. The van der Waals surface area contributed by atoms with Crippen molar-refractivity contribution in [2.24, 2.45) is 0 Å². The van der Waals surface area contributed by atoms with Crippen LogP contribution >= 0.6 is 15.9 Å². The minimum absolute atomic E-state index is 0.0231. The molecule has 0 aliphatic heterocycles. The molecule has 0 fully saturated rings. The molecule has 10 heavy (non-hydrogen) atoms. The van der Waals surface area contributed by atoms with E-state index in [1.165, 1.54) is 6.26 Å². The highest BCUT2D eigenvalue weighted by molar-refractivity contribution is 9.10. The maximum absolute atomic E-state index is 11.1. The van der Waals surface area contributed by atoms with Gasteiger partial charge in [-0.1, -0.05) is 15.9 Å². The van der Waals surface area contributed by atoms with Gasteiger partial charge in [0.05, 0.1) is 11.1 Å². The number of hydrogen-bond donors (Lipinski definition) is 0. The fourth-order valence-electron chi connectivity index (χ4n) is 0.615. The predicted octanol–water partition coefficient (Wildman–Crippen LogP) is 2.25. The molecule has 0 radical (unpaired) electrons. The number of carbonyl (C=O) groups excluding carboxylic acids is 1. The molecule has 0 saturated carbocycles. The molecular formula is C7H7BrO2. The average molecular weight is 203 g/mol. The molecular weight excluding hydrogens is 196 g/mol. The van der Waals surface area contributed by atoms with E-state index in [0.29, 0.717) is 5.76 Å². The highest BCUT2D eigenvalue weighted by atomic mass is 79.9. The molecule has 0 aliphatic carbocycles. The summed E-state index contributed by atoms with van der Waals surface area (Å²) in [6, 6.07) is 3.35. The monoisotopic (exact) mass is 202 g/mol. The Bertz CT molecular complexity index is 214. The molecule has 0 aromatic carbocycles. The van der Waals surface area contributed by atoms with Gasteiger partial charge in [0.25, 0.3) is 0 Å². The summed E-state index contributed by atoms with van der Waals surface area (Å²) in [6.45, 7) is 1.77. The lowest BCUT2D eigenvalue weighted by atomic mass is 10.2. The second kappa shape index (κ2) is 3.01. The molecule has 0 aliphatic rings. The number of halogens is 1. The van der Waals surface area contributed by atoms with Gasteiger partial charge in [0.2, 0.25) is 5.78 Å². The first kappa shape index (κ1) is 7.54. The largest absolute Gasteiger partial charge is 0.461 e. The minimum Gasteiger partial charge on any atom is -0.461 e. The van der Waals surface area contributed by atoms with Gasteiger partial charge in [-0.3, -0.25) is 4.79 Å². The maximum atomic E-state index is 11.1. The second-order valence-corrected chi connectivity index (χ2v) is 3.33. The van der Waals surface area contributed by atoms with Crippen molar-refractivity contribution in [2.75, 3.05) is 0 Å². The van der Waals surface area contributed by atoms with E-state index < -0.39 is 0 Å². The summed E-state index contributed by atoms with van der Waals surface area (Å²) < 4.78 is 4.88. The van der Waals surface area contributed by atoms with Crippen molar-refractivity contribution >= 4 is 21.7 Å². The average Bonchev–Trinajstić information content (AvgIpc) is 2.36. The van der Waals surface area contributed by atoms with Gasteiger partial charge in [0.1, 0.15) is 0 Å². The quantitative estimate of drug-likeness (QED) is 0.545. The summed E-state index contributed by atoms with van der Waals surface area (Å²) in [7, 11) is 0. The molecule has 1 heterocycles. The van der Waals surface area contributed by atoms with E-state index in [1.54, 1.807) is 19.1 Å². The molecule has 1 atom stereocenters. The summed E-state index contributed by atoms with van der Waals surface area (Å²) in [5.74, 6) is 0.384. The number of ketones is 1. The Kier molecular flexibility index (Phi) is 2.27. The highest BCUT2D eigenvalue weighted by Gasteiger charge is 2.13. The second-order valence-electron chi connectivity index (χ2n) is 1.96. The Morgan fingerprint density at radius 1 is 1.80 bits per heavy atom. The number of furan rings is 1. The van der Waals surface area contributed by atoms with Gasteiger partial charge in [-0.15, -0.1) is 0 Å². The van der Waals surface area contributed by atoms with Crippen LogP contribution in [0.5, 0.6) is 0 Å². The van der Waals surface area contributed by atoms with Crippen LogP contribution in [0.2, 0.25) is 0 Å². The third-order valence-electron chi connectivity index (χ3n) is 1.13. The number of rotatable bonds is 2. The Balaban J connectivity index is 2.78. The van der Waals surface area contributed by atoms with Gasteiger partial charge in [-0.2, -0.15) is 0 Å². The third kappa shape index (κ3) is 1.48. The van der Waals surface area contributed by atoms with Crippen LogP contribution in [0, 0.1) is 0 Å². The fraction of sp³-hybridized carbons (Fsp3) is 0.286. The van der Waals surface area contributed by atoms with Gasteiger partial charge >= 0.3 is 0 Å². The van der Waals surface area contributed by atoms with Gasteiger partial charge in [-0.05, 0) is 19.1 Å². The topological polar surface area (TPSA) is 30.2 Å². The molecule has 54 valence electrons. The van der Waals surface area contributed by atoms with Crippen molar-refractivity contribution in [3.63, 3.8) is 0 Å². The van der Waals surface area contributed by atoms with Crippen molar-refractivity contribution in [3.8, 4) is 0 Å². The predicted molar refractivity (Wildman–Crippen MR) is 41.4 cm³/mol. The molecule has 0 saturated heterocycles. The highest BCUT2D eigenvalue weighted by Crippen LogP contribution is 2.09. The first-order chi connectivity index (χ1) is 4.72. The lowest BCUT2D eigenvalue weighted by Gasteiger charge is -1.95. The minimum atomic E-state index is -0.168. The Labute approximate surface area is 67.3 Å². The van der Waals surface area contributed by atoms with Crippen LogP contribution in [0.4, 0.5) is 0 Å². The van der Waals surface area contributed by atoms with E-state index in [9.17, 15) is 4.79 Å². The maximum Gasteiger partial charge on any atom is 0.211 e. The number of carbonyl (C=O) groups is 1. The van der Waals surface area contributed by atoms with Crippen LogP contribution in [0.3, 0.4) is 0 Å². The lowest BCUT2D eigenvalue weighted by Crippen LogP contribution is -2.08.